The molecule has 1 fully saturated rings. The summed E-state index contributed by atoms with van der Waals surface area (Å²) in [5, 5.41) is 3.32. The molecular weight excluding hydrogens is 446 g/mol. The van der Waals surface area contributed by atoms with Crippen LogP contribution in [0.5, 0.6) is 5.75 Å². The fourth-order valence-electron chi connectivity index (χ4n) is 4.32. The fourth-order valence-corrected chi connectivity index (χ4v) is 4.32. The number of aryl methyl sites for hydroxylation is 1. The molecule has 0 saturated carbocycles. The molecule has 0 spiro atoms. The number of amides is 3. The van der Waals surface area contributed by atoms with Crippen LogP contribution in [0.3, 0.4) is 0 Å². The Morgan fingerprint density at radius 2 is 1.76 bits per heavy atom. The zero-order chi connectivity index (χ0) is 24.8. The van der Waals surface area contributed by atoms with Gasteiger partial charge in [0.05, 0.1) is 6.54 Å². The molecule has 1 N–H and O–H groups in total. The Balaban J connectivity index is 1.69. The van der Waals surface area contributed by atoms with Crippen LogP contribution < -0.4 is 15.7 Å². The van der Waals surface area contributed by atoms with Crippen LogP contribution in [-0.4, -0.2) is 23.4 Å². The van der Waals surface area contributed by atoms with E-state index >= 15 is 0 Å². The lowest BCUT2D eigenvalue weighted by Crippen LogP contribution is -2.40. The molecule has 1 saturated heterocycles. The van der Waals surface area contributed by atoms with Crippen molar-refractivity contribution in [2.75, 3.05) is 0 Å². The van der Waals surface area contributed by atoms with Crippen molar-refractivity contribution in [2.45, 2.75) is 52.3 Å². The van der Waals surface area contributed by atoms with Crippen molar-refractivity contribution in [2.24, 2.45) is 0 Å². The lowest BCUT2D eigenvalue weighted by atomic mass is 9.91. The number of carbonyl (C=O) groups is 2. The van der Waals surface area contributed by atoms with Gasteiger partial charge in [0.25, 0.3) is 5.91 Å². The van der Waals surface area contributed by atoms with E-state index in [0.29, 0.717) is 22.1 Å². The number of alkyl halides is 2. The summed E-state index contributed by atoms with van der Waals surface area (Å²) in [5.41, 5.74) is 1.33. The largest absolute Gasteiger partial charge is 0.435 e. The van der Waals surface area contributed by atoms with Gasteiger partial charge in [-0.3, -0.25) is 9.69 Å². The number of fused-ring (bicyclic) bond motifs is 1. The minimum Gasteiger partial charge on any atom is -0.435 e. The lowest BCUT2D eigenvalue weighted by molar-refractivity contribution is -0.131. The molecule has 2 aromatic carbocycles. The van der Waals surface area contributed by atoms with Gasteiger partial charge in [0, 0.05) is 11.5 Å². The van der Waals surface area contributed by atoms with Crippen LogP contribution in [0.2, 0.25) is 0 Å². The van der Waals surface area contributed by atoms with Crippen LogP contribution in [0.15, 0.2) is 51.7 Å². The molecule has 0 bridgehead atoms. The predicted molar refractivity (Wildman–Crippen MR) is 121 cm³/mol. The maximum Gasteiger partial charge on any atom is 0.387 e. The van der Waals surface area contributed by atoms with Crippen LogP contribution >= 0.6 is 0 Å². The molecule has 1 atom stereocenters. The molecule has 3 amide bonds. The van der Waals surface area contributed by atoms with E-state index in [4.69, 9.17) is 4.42 Å². The van der Waals surface area contributed by atoms with E-state index in [1.165, 1.54) is 37.3 Å². The first-order chi connectivity index (χ1) is 16.0. The van der Waals surface area contributed by atoms with Gasteiger partial charge in [-0.15, -0.1) is 0 Å². The van der Waals surface area contributed by atoms with Gasteiger partial charge in [0.2, 0.25) is 0 Å². The van der Waals surface area contributed by atoms with Crippen molar-refractivity contribution in [3.05, 3.63) is 75.1 Å². The third kappa shape index (κ3) is 4.13. The first kappa shape index (κ1) is 23.4. The highest BCUT2D eigenvalue weighted by Crippen LogP contribution is 2.33. The first-order valence-corrected chi connectivity index (χ1v) is 10.8. The minimum atomic E-state index is -2.97. The monoisotopic (exact) mass is 470 g/mol. The first-order valence-electron chi connectivity index (χ1n) is 10.8. The summed E-state index contributed by atoms with van der Waals surface area (Å²) in [6.45, 7) is 4.47. The molecule has 1 aliphatic rings. The number of hydrogen-bond donors (Lipinski definition) is 1. The van der Waals surface area contributed by atoms with Crippen LogP contribution in [0.25, 0.3) is 11.0 Å². The number of benzene rings is 2. The van der Waals surface area contributed by atoms with E-state index in [-0.39, 0.29) is 18.2 Å². The fraction of sp³-hybridized carbons (Fsp3) is 0.320. The summed E-state index contributed by atoms with van der Waals surface area (Å²) in [4.78, 5) is 39.4. The molecular formula is C25H24F2N2O5. The van der Waals surface area contributed by atoms with Gasteiger partial charge in [-0.1, -0.05) is 26.0 Å². The third-order valence-electron chi connectivity index (χ3n) is 6.10. The number of nitrogens with zero attached hydrogens (tertiary/aromatic N) is 1. The molecule has 1 aliphatic heterocycles. The maximum atomic E-state index is 13.3. The van der Waals surface area contributed by atoms with Gasteiger partial charge in [0.15, 0.2) is 0 Å². The summed E-state index contributed by atoms with van der Waals surface area (Å²) >= 11 is 0. The number of imide groups is 1. The van der Waals surface area contributed by atoms with Crippen molar-refractivity contribution in [3.63, 3.8) is 0 Å². The Bertz CT molecular complexity index is 1330. The molecule has 178 valence electrons. The summed E-state index contributed by atoms with van der Waals surface area (Å²) in [6, 6.07) is 9.88. The zero-order valence-corrected chi connectivity index (χ0v) is 19.1. The average molecular weight is 470 g/mol. The second-order valence-corrected chi connectivity index (χ2v) is 8.80. The van der Waals surface area contributed by atoms with Crippen LogP contribution in [0.4, 0.5) is 13.6 Å². The molecule has 1 unspecified atom stereocenters. The Labute approximate surface area is 194 Å². The quantitative estimate of drug-likeness (QED) is 0.413. The summed E-state index contributed by atoms with van der Waals surface area (Å²) < 4.78 is 34.6. The summed E-state index contributed by atoms with van der Waals surface area (Å²) in [6.07, 6.45) is 0. The maximum absolute atomic E-state index is 13.3. The van der Waals surface area contributed by atoms with Crippen molar-refractivity contribution in [1.29, 1.82) is 0 Å². The second kappa shape index (κ2) is 8.55. The van der Waals surface area contributed by atoms with Gasteiger partial charge < -0.3 is 14.5 Å². The number of ether oxygens (including phenoxy) is 1. The zero-order valence-electron chi connectivity index (χ0n) is 19.1. The number of hydrogen-bond acceptors (Lipinski definition) is 5. The third-order valence-corrected chi connectivity index (χ3v) is 6.10. The van der Waals surface area contributed by atoms with Crippen LogP contribution in [0, 0.1) is 6.92 Å². The topological polar surface area (TPSA) is 88.8 Å². The normalized spacial score (nSPS) is 18.3. The van der Waals surface area contributed by atoms with Gasteiger partial charge in [-0.25, -0.2) is 9.59 Å². The molecule has 7 nitrogen and oxygen atoms in total. The Morgan fingerprint density at radius 1 is 1.09 bits per heavy atom. The molecule has 1 aromatic heterocycles. The van der Waals surface area contributed by atoms with Gasteiger partial charge in [-0.2, -0.15) is 8.78 Å². The van der Waals surface area contributed by atoms with Gasteiger partial charge in [-0.05, 0) is 66.3 Å². The van der Waals surface area contributed by atoms with E-state index in [9.17, 15) is 23.2 Å². The van der Waals surface area contributed by atoms with E-state index in [2.05, 4.69) is 10.1 Å². The second-order valence-electron chi connectivity index (χ2n) is 8.80. The number of carbonyl (C=O) groups excluding carboxylic acids is 2. The SMILES string of the molecule is Cc1cc2oc(=O)cc(CN3C(=O)NC(C)(c4ccc(OC(F)F)cc4)C3=O)c2cc1C(C)C. The highest BCUT2D eigenvalue weighted by Gasteiger charge is 2.49. The minimum absolute atomic E-state index is 0.0605. The van der Waals surface area contributed by atoms with Crippen molar-refractivity contribution in [3.8, 4) is 5.75 Å². The predicted octanol–water partition coefficient (Wildman–Crippen LogP) is 4.79. The molecule has 0 aliphatic carbocycles. The Morgan fingerprint density at radius 3 is 2.38 bits per heavy atom. The Kier molecular flexibility index (Phi) is 5.89. The summed E-state index contributed by atoms with van der Waals surface area (Å²) in [7, 11) is 0. The number of urea groups is 1. The van der Waals surface area contributed by atoms with Crippen molar-refractivity contribution >= 4 is 22.9 Å². The van der Waals surface area contributed by atoms with E-state index in [1.54, 1.807) is 6.07 Å². The molecule has 0 radical (unpaired) electrons. The molecule has 2 heterocycles. The smallest absolute Gasteiger partial charge is 0.387 e. The van der Waals surface area contributed by atoms with Crippen LogP contribution in [-0.2, 0) is 16.9 Å². The Hall–Kier alpha value is -3.75. The highest BCUT2D eigenvalue weighted by atomic mass is 19.3. The molecule has 3 aromatic rings. The number of halogens is 2. The lowest BCUT2D eigenvalue weighted by Gasteiger charge is -2.22. The highest BCUT2D eigenvalue weighted by molar-refractivity contribution is 6.07. The van der Waals surface area contributed by atoms with Gasteiger partial charge >= 0.3 is 18.3 Å². The van der Waals surface area contributed by atoms with E-state index in [1.807, 2.05) is 26.8 Å². The van der Waals surface area contributed by atoms with Crippen molar-refractivity contribution < 1.29 is 27.5 Å². The number of rotatable bonds is 6. The van der Waals surface area contributed by atoms with Gasteiger partial charge in [0.1, 0.15) is 16.9 Å². The van der Waals surface area contributed by atoms with Crippen molar-refractivity contribution in [1.82, 2.24) is 10.2 Å². The van der Waals surface area contributed by atoms with Crippen LogP contribution in [0.1, 0.15) is 48.9 Å². The molecule has 4 rings (SSSR count). The summed E-state index contributed by atoms with van der Waals surface area (Å²) in [5.74, 6) is -0.367. The average Bonchev–Trinajstić information content (AvgIpc) is 2.96. The van der Waals surface area contributed by atoms with E-state index < -0.39 is 29.7 Å². The van der Waals surface area contributed by atoms with E-state index in [0.717, 1.165) is 16.0 Å². The molecule has 9 heteroatoms. The number of nitrogens with one attached hydrogen (secondary N) is 1. The standard InChI is InChI=1S/C25H24F2N2O5/c1-13(2)18-11-19-15(10-21(30)34-20(19)9-14(18)3)12-29-22(31)25(4,28-24(29)32)16-5-7-17(8-6-16)33-23(26)27/h5-11,13,23H,12H2,1-4H3,(H,28,32). The molecule has 34 heavy (non-hydrogen) atoms.